The summed E-state index contributed by atoms with van der Waals surface area (Å²) < 4.78 is 0. The Balaban J connectivity index is 2.86. The van der Waals surface area contributed by atoms with Crippen molar-refractivity contribution in [2.45, 2.75) is 19.8 Å². The van der Waals surface area contributed by atoms with Crippen LogP contribution in [-0.2, 0) is 0 Å². The smallest absolute Gasteiger partial charge is 0.108 e. The largest absolute Gasteiger partial charge is 0.380 e. The second kappa shape index (κ2) is 5.03. The number of hydrogen-bond donors (Lipinski definition) is 2. The number of nitrogens with zero attached hydrogens (tertiary/aromatic N) is 1. The molecule has 50 valence electrons. The van der Waals surface area contributed by atoms with E-state index >= 15 is 0 Å². The Kier molecular flexibility index (Phi) is 4.95. The molecule has 0 saturated carbocycles. The summed E-state index contributed by atoms with van der Waals surface area (Å²) in [5, 5.41) is 9.75. The zero-order chi connectivity index (χ0) is 6.41. The van der Waals surface area contributed by atoms with E-state index in [0.29, 0.717) is 0 Å². The predicted octanol–water partition coefficient (Wildman–Crippen LogP) is -0.0880. The molecule has 0 aliphatic heterocycles. The van der Waals surface area contributed by atoms with Gasteiger partial charge in [0.15, 0.2) is 0 Å². The third-order valence-corrected chi connectivity index (χ3v) is 0.981. The van der Waals surface area contributed by atoms with E-state index in [-0.39, 0.29) is 6.73 Å². The number of nitrogens with two attached hydrogens (primary N) is 1. The standard InChI is InChI=1S/C5H14N2O/c1-2-3-4-7(6)5-8/h8H,2-6H2,1H3. The average molecular weight is 118 g/mol. The Labute approximate surface area is 50.1 Å². The molecule has 3 heteroatoms. The Morgan fingerprint density at radius 1 is 1.62 bits per heavy atom. The van der Waals surface area contributed by atoms with E-state index in [2.05, 4.69) is 6.92 Å². The molecule has 0 aromatic heterocycles. The van der Waals surface area contributed by atoms with Gasteiger partial charge in [0, 0.05) is 6.54 Å². The topological polar surface area (TPSA) is 49.5 Å². The number of unbranched alkanes of at least 4 members (excludes halogenated alkanes) is 1. The van der Waals surface area contributed by atoms with E-state index in [9.17, 15) is 0 Å². The van der Waals surface area contributed by atoms with Crippen LogP contribution in [0.3, 0.4) is 0 Å². The molecular formula is C5H14N2O. The fourth-order valence-corrected chi connectivity index (χ4v) is 0.432. The fourth-order valence-electron chi connectivity index (χ4n) is 0.432. The Bertz CT molecular complexity index is 49.7. The van der Waals surface area contributed by atoms with E-state index in [1.807, 2.05) is 0 Å². The highest BCUT2D eigenvalue weighted by molar-refractivity contribution is 4.39. The summed E-state index contributed by atoms with van der Waals surface area (Å²) in [7, 11) is 0. The summed E-state index contributed by atoms with van der Waals surface area (Å²) >= 11 is 0. The Morgan fingerprint density at radius 2 is 2.25 bits per heavy atom. The van der Waals surface area contributed by atoms with Crippen LogP contribution in [-0.4, -0.2) is 23.4 Å². The molecule has 0 aliphatic rings. The second-order valence-electron chi connectivity index (χ2n) is 1.81. The molecule has 0 aromatic carbocycles. The van der Waals surface area contributed by atoms with Gasteiger partial charge >= 0.3 is 0 Å². The zero-order valence-corrected chi connectivity index (χ0v) is 5.30. The molecule has 0 spiro atoms. The van der Waals surface area contributed by atoms with E-state index in [4.69, 9.17) is 10.9 Å². The van der Waals surface area contributed by atoms with Gasteiger partial charge in [-0.2, -0.15) is 0 Å². The number of hydrazine groups is 1. The lowest BCUT2D eigenvalue weighted by Gasteiger charge is -2.10. The maximum atomic E-state index is 8.36. The quantitative estimate of drug-likeness (QED) is 0.308. The summed E-state index contributed by atoms with van der Waals surface area (Å²) in [6.45, 7) is 2.83. The van der Waals surface area contributed by atoms with E-state index < -0.39 is 0 Å². The molecule has 3 N–H and O–H groups in total. The normalized spacial score (nSPS) is 10.5. The molecule has 0 heterocycles. The molecule has 0 radical (unpaired) electrons. The van der Waals surface area contributed by atoms with Crippen LogP contribution in [0.1, 0.15) is 19.8 Å². The van der Waals surface area contributed by atoms with Gasteiger partial charge in [-0.3, -0.25) is 5.84 Å². The summed E-state index contributed by atoms with van der Waals surface area (Å²) in [4.78, 5) is 0. The first-order valence-electron chi connectivity index (χ1n) is 2.91. The van der Waals surface area contributed by atoms with Crippen molar-refractivity contribution in [3.05, 3.63) is 0 Å². The summed E-state index contributed by atoms with van der Waals surface area (Å²) in [6, 6.07) is 0. The van der Waals surface area contributed by atoms with Crippen LogP contribution < -0.4 is 5.84 Å². The second-order valence-corrected chi connectivity index (χ2v) is 1.81. The van der Waals surface area contributed by atoms with Crippen molar-refractivity contribution in [2.24, 2.45) is 5.84 Å². The van der Waals surface area contributed by atoms with Crippen LogP contribution in [0.2, 0.25) is 0 Å². The lowest BCUT2D eigenvalue weighted by Crippen LogP contribution is -2.32. The number of aliphatic hydroxyl groups excluding tert-OH is 1. The van der Waals surface area contributed by atoms with Gasteiger partial charge in [-0.25, -0.2) is 5.01 Å². The van der Waals surface area contributed by atoms with Crippen molar-refractivity contribution >= 4 is 0 Å². The van der Waals surface area contributed by atoms with Crippen LogP contribution in [0.25, 0.3) is 0 Å². The summed E-state index contributed by atoms with van der Waals surface area (Å²) in [6.07, 6.45) is 2.17. The summed E-state index contributed by atoms with van der Waals surface area (Å²) in [5.74, 6) is 5.24. The fraction of sp³-hybridized carbons (Fsp3) is 1.00. The SMILES string of the molecule is CCCCN(N)CO. The molecule has 0 aromatic rings. The minimum absolute atomic E-state index is 0.0417. The molecule has 8 heavy (non-hydrogen) atoms. The van der Waals surface area contributed by atoms with Crippen LogP contribution in [0.15, 0.2) is 0 Å². The zero-order valence-electron chi connectivity index (χ0n) is 5.30. The molecular weight excluding hydrogens is 104 g/mol. The highest BCUT2D eigenvalue weighted by Crippen LogP contribution is 1.86. The molecule has 0 bridgehead atoms. The van der Waals surface area contributed by atoms with Gasteiger partial charge in [-0.1, -0.05) is 13.3 Å². The van der Waals surface area contributed by atoms with Crippen molar-refractivity contribution in [2.75, 3.05) is 13.3 Å². The van der Waals surface area contributed by atoms with E-state index in [0.717, 1.165) is 19.4 Å². The molecule has 0 atom stereocenters. The van der Waals surface area contributed by atoms with Gasteiger partial charge in [0.2, 0.25) is 0 Å². The molecule has 3 nitrogen and oxygen atoms in total. The third-order valence-electron chi connectivity index (χ3n) is 0.981. The van der Waals surface area contributed by atoms with Gasteiger partial charge in [0.05, 0.1) is 0 Å². The lowest BCUT2D eigenvalue weighted by atomic mass is 10.3. The minimum Gasteiger partial charge on any atom is -0.380 e. The highest BCUT2D eigenvalue weighted by atomic mass is 16.3. The molecule has 0 saturated heterocycles. The van der Waals surface area contributed by atoms with Gasteiger partial charge in [-0.15, -0.1) is 0 Å². The Hall–Kier alpha value is -0.120. The summed E-state index contributed by atoms with van der Waals surface area (Å²) in [5.41, 5.74) is 0. The van der Waals surface area contributed by atoms with E-state index in [1.54, 1.807) is 0 Å². The first-order chi connectivity index (χ1) is 3.81. The van der Waals surface area contributed by atoms with Crippen LogP contribution in [0, 0.1) is 0 Å². The number of aliphatic hydroxyl groups is 1. The number of hydrogen-bond acceptors (Lipinski definition) is 3. The molecule has 0 fully saturated rings. The van der Waals surface area contributed by atoms with Crippen molar-refractivity contribution in [3.8, 4) is 0 Å². The molecule has 0 unspecified atom stereocenters. The highest BCUT2D eigenvalue weighted by Gasteiger charge is 1.90. The van der Waals surface area contributed by atoms with Crippen molar-refractivity contribution in [1.82, 2.24) is 5.01 Å². The van der Waals surface area contributed by atoms with E-state index in [1.165, 1.54) is 5.01 Å². The average Bonchev–Trinajstić information content (AvgIpc) is 1.83. The Morgan fingerprint density at radius 3 is 2.62 bits per heavy atom. The first-order valence-corrected chi connectivity index (χ1v) is 2.91. The molecule has 0 amide bonds. The van der Waals surface area contributed by atoms with Gasteiger partial charge in [0.1, 0.15) is 6.73 Å². The van der Waals surface area contributed by atoms with Crippen molar-refractivity contribution in [1.29, 1.82) is 0 Å². The monoisotopic (exact) mass is 118 g/mol. The van der Waals surface area contributed by atoms with Gasteiger partial charge in [-0.05, 0) is 6.42 Å². The van der Waals surface area contributed by atoms with Crippen LogP contribution in [0.4, 0.5) is 0 Å². The molecule has 0 aliphatic carbocycles. The third kappa shape index (κ3) is 4.05. The maximum Gasteiger partial charge on any atom is 0.108 e. The molecule has 0 rings (SSSR count). The lowest BCUT2D eigenvalue weighted by molar-refractivity contribution is 0.107. The first kappa shape index (κ1) is 7.88. The predicted molar refractivity (Wildman–Crippen MR) is 32.9 cm³/mol. The minimum atomic E-state index is -0.0417. The van der Waals surface area contributed by atoms with Crippen molar-refractivity contribution < 1.29 is 5.11 Å². The maximum absolute atomic E-state index is 8.36. The number of rotatable bonds is 4. The van der Waals surface area contributed by atoms with Crippen LogP contribution >= 0.6 is 0 Å². The van der Waals surface area contributed by atoms with Gasteiger partial charge < -0.3 is 5.11 Å². The van der Waals surface area contributed by atoms with Crippen LogP contribution in [0.5, 0.6) is 0 Å². The van der Waals surface area contributed by atoms with Crippen molar-refractivity contribution in [3.63, 3.8) is 0 Å². The van der Waals surface area contributed by atoms with Gasteiger partial charge in [0.25, 0.3) is 0 Å².